The number of Topliss-reactive ketones (excluding diaryl/α,β-unsaturated/α-hetero) is 1. The first kappa shape index (κ1) is 17.4. The summed E-state index contributed by atoms with van der Waals surface area (Å²) in [6, 6.07) is 8.31. The lowest BCUT2D eigenvalue weighted by atomic mass is 10.1. The number of unbranched alkanes of at least 4 members (excludes halogenated alkanes) is 5. The number of hydrogen-bond acceptors (Lipinski definition) is 4. The number of hydrogen-bond donors (Lipinski definition) is 1. The van der Waals surface area contributed by atoms with Crippen LogP contribution in [0.2, 0.25) is 0 Å². The van der Waals surface area contributed by atoms with Gasteiger partial charge in [-0.25, -0.2) is 0 Å². The summed E-state index contributed by atoms with van der Waals surface area (Å²) in [7, 11) is 0. The Hall–Kier alpha value is -1.68. The topological polar surface area (TPSA) is 63.6 Å². The average molecular weight is 292 g/mol. The molecule has 1 aromatic carbocycles. The van der Waals surface area contributed by atoms with Crippen LogP contribution >= 0.6 is 0 Å². The lowest BCUT2D eigenvalue weighted by molar-refractivity contribution is -0.160. The van der Waals surface area contributed by atoms with E-state index in [0.29, 0.717) is 5.56 Å². The fraction of sp³-hybridized carbons (Fsp3) is 0.529. The maximum atomic E-state index is 11.8. The second kappa shape index (κ2) is 10.1. The van der Waals surface area contributed by atoms with Crippen molar-refractivity contribution in [2.45, 2.75) is 58.2 Å². The number of ketones is 1. The normalized spacial score (nSPS) is 11.9. The van der Waals surface area contributed by atoms with Gasteiger partial charge in [-0.2, -0.15) is 0 Å². The van der Waals surface area contributed by atoms with Gasteiger partial charge in [0.05, 0.1) is 0 Å². The Morgan fingerprint density at radius 2 is 1.67 bits per heavy atom. The molecule has 4 nitrogen and oxygen atoms in total. The molecule has 1 atom stereocenters. The van der Waals surface area contributed by atoms with E-state index in [-0.39, 0.29) is 6.42 Å². The Kier molecular flexibility index (Phi) is 8.36. The van der Waals surface area contributed by atoms with Crippen molar-refractivity contribution in [2.24, 2.45) is 0 Å². The maximum Gasteiger partial charge on any atom is 0.308 e. The average Bonchev–Trinajstić information content (AvgIpc) is 2.50. The predicted molar refractivity (Wildman–Crippen MR) is 80.9 cm³/mol. The number of carbonyl (C=O) groups excluding carboxylic acids is 2. The summed E-state index contributed by atoms with van der Waals surface area (Å²) in [5, 5.41) is 9.62. The summed E-state index contributed by atoms with van der Waals surface area (Å²) in [5.41, 5.74) is 0.331. The van der Waals surface area contributed by atoms with Gasteiger partial charge in [0, 0.05) is 12.0 Å². The number of carbonyl (C=O) groups is 2. The number of rotatable bonds is 10. The molecule has 4 heteroatoms. The van der Waals surface area contributed by atoms with Gasteiger partial charge in [-0.1, -0.05) is 69.4 Å². The molecule has 0 amide bonds. The summed E-state index contributed by atoms with van der Waals surface area (Å²) in [4.78, 5) is 23.3. The van der Waals surface area contributed by atoms with Crippen LogP contribution in [0.15, 0.2) is 30.3 Å². The van der Waals surface area contributed by atoms with Gasteiger partial charge in [-0.3, -0.25) is 9.59 Å². The van der Waals surface area contributed by atoms with E-state index in [2.05, 4.69) is 6.92 Å². The van der Waals surface area contributed by atoms with Crippen molar-refractivity contribution < 1.29 is 19.4 Å². The molecule has 1 rings (SSSR count). The van der Waals surface area contributed by atoms with Gasteiger partial charge in [0.25, 0.3) is 6.29 Å². The molecule has 0 saturated heterocycles. The van der Waals surface area contributed by atoms with E-state index in [0.717, 1.165) is 19.3 Å². The Balaban J connectivity index is 2.23. The van der Waals surface area contributed by atoms with Crippen LogP contribution < -0.4 is 0 Å². The smallest absolute Gasteiger partial charge is 0.308 e. The molecular formula is C17H24O4. The summed E-state index contributed by atoms with van der Waals surface area (Å²) in [6.45, 7) is 2.16. The fourth-order valence-electron chi connectivity index (χ4n) is 2.03. The molecule has 0 aliphatic carbocycles. The highest BCUT2D eigenvalue weighted by molar-refractivity contribution is 5.99. The van der Waals surface area contributed by atoms with E-state index in [1.54, 1.807) is 30.3 Å². The monoisotopic (exact) mass is 292 g/mol. The minimum atomic E-state index is -1.71. The lowest BCUT2D eigenvalue weighted by Crippen LogP contribution is -2.26. The minimum Gasteiger partial charge on any atom is -0.428 e. The highest BCUT2D eigenvalue weighted by Crippen LogP contribution is 2.09. The van der Waals surface area contributed by atoms with Gasteiger partial charge in [0.15, 0.2) is 0 Å². The van der Waals surface area contributed by atoms with Gasteiger partial charge in [0.2, 0.25) is 5.78 Å². The second-order valence-corrected chi connectivity index (χ2v) is 5.09. The highest BCUT2D eigenvalue weighted by Gasteiger charge is 2.20. The predicted octanol–water partition coefficient (Wildman–Crippen LogP) is 3.48. The van der Waals surface area contributed by atoms with Crippen LogP contribution in [0, 0.1) is 0 Å². The number of benzene rings is 1. The van der Waals surface area contributed by atoms with Crippen LogP contribution in [0.25, 0.3) is 0 Å². The van der Waals surface area contributed by atoms with Crippen LogP contribution in [0.5, 0.6) is 0 Å². The Morgan fingerprint density at radius 1 is 1.05 bits per heavy atom. The zero-order valence-electron chi connectivity index (χ0n) is 12.6. The first-order chi connectivity index (χ1) is 10.1. The van der Waals surface area contributed by atoms with Gasteiger partial charge in [-0.05, 0) is 6.42 Å². The Bertz CT molecular complexity index is 428. The number of aliphatic hydroxyl groups is 1. The van der Waals surface area contributed by atoms with Crippen LogP contribution in [0.1, 0.15) is 62.2 Å². The van der Waals surface area contributed by atoms with Crippen molar-refractivity contribution >= 4 is 11.8 Å². The number of esters is 1. The third-order valence-electron chi connectivity index (χ3n) is 3.26. The molecule has 1 N–H and O–H groups in total. The standard InChI is InChI=1S/C17H24O4/c1-2-3-4-5-6-10-13-15(18)21-17(20)16(19)14-11-8-7-9-12-14/h7-9,11-12,17,20H,2-6,10,13H2,1H3. The van der Waals surface area contributed by atoms with E-state index in [1.165, 1.54) is 19.3 Å². The SMILES string of the molecule is CCCCCCCCC(=O)OC(O)C(=O)c1ccccc1. The number of aliphatic hydroxyl groups excluding tert-OH is 1. The third-order valence-corrected chi connectivity index (χ3v) is 3.26. The van der Waals surface area contributed by atoms with E-state index in [9.17, 15) is 14.7 Å². The maximum absolute atomic E-state index is 11.8. The molecule has 0 spiro atoms. The van der Waals surface area contributed by atoms with Crippen molar-refractivity contribution in [3.63, 3.8) is 0 Å². The van der Waals surface area contributed by atoms with E-state index >= 15 is 0 Å². The van der Waals surface area contributed by atoms with Crippen LogP contribution in [-0.2, 0) is 9.53 Å². The summed E-state index contributed by atoms with van der Waals surface area (Å²) >= 11 is 0. The highest BCUT2D eigenvalue weighted by atomic mass is 16.6. The fourth-order valence-corrected chi connectivity index (χ4v) is 2.03. The molecule has 0 aliphatic rings. The van der Waals surface area contributed by atoms with Crippen molar-refractivity contribution in [2.75, 3.05) is 0 Å². The Morgan fingerprint density at radius 3 is 2.33 bits per heavy atom. The molecule has 0 saturated carbocycles. The van der Waals surface area contributed by atoms with Crippen molar-refractivity contribution in [1.82, 2.24) is 0 Å². The van der Waals surface area contributed by atoms with Gasteiger partial charge in [-0.15, -0.1) is 0 Å². The lowest BCUT2D eigenvalue weighted by Gasteiger charge is -2.11. The van der Waals surface area contributed by atoms with Crippen molar-refractivity contribution in [3.05, 3.63) is 35.9 Å². The molecule has 116 valence electrons. The summed E-state index contributed by atoms with van der Waals surface area (Å²) in [5.74, 6) is -1.12. The molecule has 0 radical (unpaired) electrons. The van der Waals surface area contributed by atoms with Gasteiger partial charge >= 0.3 is 5.97 Å². The van der Waals surface area contributed by atoms with Gasteiger partial charge in [0.1, 0.15) is 0 Å². The molecule has 0 aromatic heterocycles. The molecule has 0 heterocycles. The van der Waals surface area contributed by atoms with Gasteiger partial charge < -0.3 is 9.84 Å². The number of ether oxygens (including phenoxy) is 1. The molecular weight excluding hydrogens is 268 g/mol. The zero-order valence-corrected chi connectivity index (χ0v) is 12.6. The molecule has 1 unspecified atom stereocenters. The quantitative estimate of drug-likeness (QED) is 0.310. The van der Waals surface area contributed by atoms with E-state index in [1.807, 2.05) is 0 Å². The van der Waals surface area contributed by atoms with E-state index < -0.39 is 18.0 Å². The largest absolute Gasteiger partial charge is 0.428 e. The second-order valence-electron chi connectivity index (χ2n) is 5.09. The third kappa shape index (κ3) is 7.04. The Labute approximate surface area is 126 Å². The van der Waals surface area contributed by atoms with Crippen molar-refractivity contribution in [3.8, 4) is 0 Å². The minimum absolute atomic E-state index is 0.241. The first-order valence-electron chi connectivity index (χ1n) is 7.62. The van der Waals surface area contributed by atoms with Crippen LogP contribution in [0.3, 0.4) is 0 Å². The molecule has 1 aromatic rings. The van der Waals surface area contributed by atoms with Crippen LogP contribution in [0.4, 0.5) is 0 Å². The van der Waals surface area contributed by atoms with Crippen molar-refractivity contribution in [1.29, 1.82) is 0 Å². The zero-order chi connectivity index (χ0) is 15.5. The first-order valence-corrected chi connectivity index (χ1v) is 7.62. The molecule has 0 bridgehead atoms. The van der Waals surface area contributed by atoms with E-state index in [4.69, 9.17) is 4.74 Å². The molecule has 0 fully saturated rings. The van der Waals surface area contributed by atoms with Crippen LogP contribution in [-0.4, -0.2) is 23.1 Å². The molecule has 0 aliphatic heterocycles. The summed E-state index contributed by atoms with van der Waals surface area (Å²) in [6.07, 6.45) is 4.93. The molecule has 21 heavy (non-hydrogen) atoms. The summed E-state index contributed by atoms with van der Waals surface area (Å²) < 4.78 is 4.76.